The van der Waals surface area contributed by atoms with Gasteiger partial charge in [0, 0.05) is 34.7 Å². The molecule has 0 aliphatic rings. The fraction of sp³-hybridized carbons (Fsp3) is 0. The number of furan rings is 1. The largest absolute Gasteiger partial charge is 0.457 e. The van der Waals surface area contributed by atoms with E-state index in [1.165, 1.54) is 23.5 Å². The Bertz CT molecular complexity index is 1130. The van der Waals surface area contributed by atoms with E-state index in [2.05, 4.69) is 10.1 Å². The molecule has 0 unspecified atom stereocenters. The molecule has 0 atom stereocenters. The van der Waals surface area contributed by atoms with E-state index in [4.69, 9.17) is 20.5 Å². The van der Waals surface area contributed by atoms with Crippen LogP contribution in [0.4, 0.5) is 5.69 Å². The summed E-state index contributed by atoms with van der Waals surface area (Å²) in [7, 11) is 0. The van der Waals surface area contributed by atoms with E-state index < -0.39 is 4.92 Å². The van der Waals surface area contributed by atoms with Crippen molar-refractivity contribution in [1.29, 1.82) is 0 Å². The maximum atomic E-state index is 10.9. The molecule has 7 nitrogen and oxygen atoms in total. The minimum atomic E-state index is -0.454. The maximum Gasteiger partial charge on any atom is 0.270 e. The van der Waals surface area contributed by atoms with Gasteiger partial charge in [0.25, 0.3) is 11.6 Å². The molecule has 27 heavy (non-hydrogen) atoms. The predicted octanol–water partition coefficient (Wildman–Crippen LogP) is 5.70. The Kier molecular flexibility index (Phi) is 4.57. The third-order valence-corrected chi connectivity index (χ3v) is 4.60. The van der Waals surface area contributed by atoms with Crippen LogP contribution in [0, 0.1) is 10.1 Å². The second-order valence-electron chi connectivity index (χ2n) is 5.44. The fourth-order valence-corrected chi connectivity index (χ4v) is 3.19. The number of rotatable bonds is 5. The van der Waals surface area contributed by atoms with Crippen molar-refractivity contribution < 1.29 is 13.9 Å². The van der Waals surface area contributed by atoms with Crippen LogP contribution in [-0.2, 0) is 0 Å². The minimum absolute atomic E-state index is 0.00848. The standard InChI is InChI=1S/C18H10ClN3O4S/c19-15(18-20-17(21-26-18)12-6-7-27-10-12)9-14-4-5-16(25-14)11-2-1-3-13(8-11)22(23)24/h1-10H/b15-9-. The van der Waals surface area contributed by atoms with Crippen LogP contribution in [0.15, 0.2) is 62.2 Å². The molecule has 0 fully saturated rings. The molecule has 0 amide bonds. The van der Waals surface area contributed by atoms with Gasteiger partial charge in [-0.25, -0.2) is 0 Å². The van der Waals surface area contributed by atoms with E-state index in [9.17, 15) is 10.1 Å². The van der Waals surface area contributed by atoms with Crippen molar-refractivity contribution in [2.75, 3.05) is 0 Å². The SMILES string of the molecule is O=[N+]([O-])c1cccc(-c2ccc(/C=C(\Cl)c3nc(-c4ccsc4)no3)o2)c1. The van der Waals surface area contributed by atoms with Crippen molar-refractivity contribution in [2.24, 2.45) is 0 Å². The van der Waals surface area contributed by atoms with Crippen LogP contribution >= 0.6 is 22.9 Å². The van der Waals surface area contributed by atoms with Gasteiger partial charge in [-0.15, -0.1) is 0 Å². The highest BCUT2D eigenvalue weighted by atomic mass is 35.5. The first kappa shape index (κ1) is 17.2. The van der Waals surface area contributed by atoms with Crippen molar-refractivity contribution in [1.82, 2.24) is 10.1 Å². The average molecular weight is 400 g/mol. The number of benzene rings is 1. The van der Waals surface area contributed by atoms with Crippen molar-refractivity contribution >= 4 is 39.7 Å². The molecular formula is C18H10ClN3O4S. The van der Waals surface area contributed by atoms with Gasteiger partial charge in [0.15, 0.2) is 0 Å². The zero-order valence-electron chi connectivity index (χ0n) is 13.5. The first-order valence-corrected chi connectivity index (χ1v) is 9.01. The fourth-order valence-electron chi connectivity index (χ4n) is 2.37. The number of nitrogens with zero attached hydrogens (tertiary/aromatic N) is 3. The van der Waals surface area contributed by atoms with E-state index in [-0.39, 0.29) is 16.6 Å². The van der Waals surface area contributed by atoms with Gasteiger partial charge in [0.05, 0.1) is 4.92 Å². The van der Waals surface area contributed by atoms with Crippen LogP contribution < -0.4 is 0 Å². The normalized spacial score (nSPS) is 11.7. The summed E-state index contributed by atoms with van der Waals surface area (Å²) in [4.78, 5) is 14.7. The monoisotopic (exact) mass is 399 g/mol. The third-order valence-electron chi connectivity index (χ3n) is 3.65. The number of nitro groups is 1. The van der Waals surface area contributed by atoms with E-state index in [0.29, 0.717) is 22.9 Å². The lowest BCUT2D eigenvalue weighted by atomic mass is 10.1. The minimum Gasteiger partial charge on any atom is -0.457 e. The van der Waals surface area contributed by atoms with Gasteiger partial charge in [-0.3, -0.25) is 10.1 Å². The molecule has 1 aromatic carbocycles. The highest BCUT2D eigenvalue weighted by Crippen LogP contribution is 2.29. The van der Waals surface area contributed by atoms with Crippen molar-refractivity contribution in [3.63, 3.8) is 0 Å². The second-order valence-corrected chi connectivity index (χ2v) is 6.62. The van der Waals surface area contributed by atoms with Gasteiger partial charge in [-0.1, -0.05) is 28.9 Å². The topological polar surface area (TPSA) is 95.2 Å². The number of aromatic nitrogens is 2. The summed E-state index contributed by atoms with van der Waals surface area (Å²) in [6.07, 6.45) is 1.55. The number of hydrogen-bond acceptors (Lipinski definition) is 7. The lowest BCUT2D eigenvalue weighted by Crippen LogP contribution is -1.87. The molecule has 4 rings (SSSR count). The molecule has 134 valence electrons. The molecule has 0 N–H and O–H groups in total. The summed E-state index contributed by atoms with van der Waals surface area (Å²) in [6, 6.07) is 11.5. The first-order valence-electron chi connectivity index (χ1n) is 7.68. The van der Waals surface area contributed by atoms with Gasteiger partial charge < -0.3 is 8.94 Å². The molecule has 0 saturated heterocycles. The number of hydrogen-bond donors (Lipinski definition) is 0. The van der Waals surface area contributed by atoms with E-state index >= 15 is 0 Å². The van der Waals surface area contributed by atoms with Gasteiger partial charge in [-0.05, 0) is 23.6 Å². The van der Waals surface area contributed by atoms with Crippen LogP contribution in [0.5, 0.6) is 0 Å². The Morgan fingerprint density at radius 1 is 1.22 bits per heavy atom. The molecule has 0 saturated carbocycles. The molecule has 0 bridgehead atoms. The molecular weight excluding hydrogens is 390 g/mol. The smallest absolute Gasteiger partial charge is 0.270 e. The Balaban J connectivity index is 1.58. The van der Waals surface area contributed by atoms with Crippen LogP contribution in [-0.4, -0.2) is 15.1 Å². The van der Waals surface area contributed by atoms with E-state index in [0.717, 1.165) is 5.56 Å². The second kappa shape index (κ2) is 7.18. The number of halogens is 1. The van der Waals surface area contributed by atoms with Gasteiger partial charge in [-0.2, -0.15) is 16.3 Å². The zero-order valence-corrected chi connectivity index (χ0v) is 15.1. The Hall–Kier alpha value is -3.23. The van der Waals surface area contributed by atoms with Crippen LogP contribution in [0.3, 0.4) is 0 Å². The van der Waals surface area contributed by atoms with Gasteiger partial charge in [0.2, 0.25) is 5.82 Å². The summed E-state index contributed by atoms with van der Waals surface area (Å²) >= 11 is 7.79. The molecule has 0 spiro atoms. The quantitative estimate of drug-likeness (QED) is 0.315. The predicted molar refractivity (Wildman–Crippen MR) is 102 cm³/mol. The Morgan fingerprint density at radius 2 is 2.11 bits per heavy atom. The lowest BCUT2D eigenvalue weighted by Gasteiger charge is -1.97. The Labute approximate surface area is 161 Å². The van der Waals surface area contributed by atoms with Gasteiger partial charge in [0.1, 0.15) is 16.6 Å². The van der Waals surface area contributed by atoms with Crippen molar-refractivity contribution in [3.05, 3.63) is 75.0 Å². The van der Waals surface area contributed by atoms with Crippen LogP contribution in [0.25, 0.3) is 33.8 Å². The molecule has 0 aliphatic heterocycles. The Morgan fingerprint density at radius 3 is 2.89 bits per heavy atom. The molecule has 9 heteroatoms. The average Bonchev–Trinajstić information content (AvgIpc) is 3.42. The molecule has 0 radical (unpaired) electrons. The molecule has 4 aromatic rings. The highest BCUT2D eigenvalue weighted by molar-refractivity contribution is 7.08. The summed E-state index contributed by atoms with van der Waals surface area (Å²) in [5, 5.41) is 18.9. The number of non-ortho nitro benzene ring substituents is 1. The molecule has 3 aromatic heterocycles. The first-order chi connectivity index (χ1) is 13.1. The summed E-state index contributed by atoms with van der Waals surface area (Å²) in [5.74, 6) is 1.57. The summed E-state index contributed by atoms with van der Waals surface area (Å²) < 4.78 is 10.9. The summed E-state index contributed by atoms with van der Waals surface area (Å²) in [5.41, 5.74) is 1.44. The lowest BCUT2D eigenvalue weighted by molar-refractivity contribution is -0.384. The van der Waals surface area contributed by atoms with Crippen LogP contribution in [0.1, 0.15) is 11.7 Å². The van der Waals surface area contributed by atoms with Gasteiger partial charge >= 0.3 is 0 Å². The number of nitro benzene ring substituents is 1. The highest BCUT2D eigenvalue weighted by Gasteiger charge is 2.14. The van der Waals surface area contributed by atoms with Crippen molar-refractivity contribution in [2.45, 2.75) is 0 Å². The molecule has 0 aliphatic carbocycles. The van der Waals surface area contributed by atoms with Crippen molar-refractivity contribution in [3.8, 4) is 22.7 Å². The maximum absolute atomic E-state index is 10.9. The van der Waals surface area contributed by atoms with Crippen LogP contribution in [0.2, 0.25) is 0 Å². The third kappa shape index (κ3) is 3.67. The zero-order chi connectivity index (χ0) is 18.8. The van der Waals surface area contributed by atoms with E-state index in [1.54, 1.807) is 30.3 Å². The molecule has 3 heterocycles. The van der Waals surface area contributed by atoms with E-state index in [1.807, 2.05) is 16.8 Å². The summed E-state index contributed by atoms with van der Waals surface area (Å²) in [6.45, 7) is 0. The number of thiophene rings is 1.